The van der Waals surface area contributed by atoms with E-state index in [0.717, 1.165) is 10.2 Å². The fourth-order valence-corrected chi connectivity index (χ4v) is 2.05. The van der Waals surface area contributed by atoms with Gasteiger partial charge in [-0.05, 0) is 28.1 Å². The molecule has 0 spiro atoms. The summed E-state index contributed by atoms with van der Waals surface area (Å²) >= 11 is 3.49. The van der Waals surface area contributed by atoms with Crippen LogP contribution in [0.3, 0.4) is 0 Å². The molecule has 0 bridgehead atoms. The lowest BCUT2D eigenvalue weighted by molar-refractivity contribution is 1.08. The molecule has 2 aromatic rings. The number of nitriles is 1. The molecule has 6 heteroatoms. The van der Waals surface area contributed by atoms with Crippen molar-refractivity contribution in [1.29, 1.82) is 5.26 Å². The fraction of sp³-hybridized carbons (Fsp3) is 0.0833. The standard InChI is InChI=1S/C12H10BrN5/c1-18(10-5-3-2-4-9(10)13)12-6-11(15-7-14)16-8-17-12/h2-6,8H,1H3,(H,15,16,17). The Morgan fingerprint density at radius 1 is 1.33 bits per heavy atom. The number of benzene rings is 1. The van der Waals surface area contributed by atoms with Crippen LogP contribution >= 0.6 is 15.9 Å². The number of para-hydroxylation sites is 1. The Bertz CT molecular complexity index is 593. The summed E-state index contributed by atoms with van der Waals surface area (Å²) < 4.78 is 0.973. The highest BCUT2D eigenvalue weighted by Crippen LogP contribution is 2.29. The lowest BCUT2D eigenvalue weighted by atomic mass is 10.3. The first-order valence-corrected chi connectivity index (χ1v) is 5.97. The molecule has 1 N–H and O–H groups in total. The molecular formula is C12H10BrN5. The van der Waals surface area contributed by atoms with Crippen molar-refractivity contribution in [3.8, 4) is 6.19 Å². The molecule has 0 unspecified atom stereocenters. The second-order valence-electron chi connectivity index (χ2n) is 3.51. The molecule has 0 saturated carbocycles. The minimum absolute atomic E-state index is 0.474. The van der Waals surface area contributed by atoms with Gasteiger partial charge >= 0.3 is 0 Å². The molecule has 90 valence electrons. The Morgan fingerprint density at radius 3 is 2.83 bits per heavy atom. The molecule has 1 heterocycles. The molecule has 0 aliphatic carbocycles. The van der Waals surface area contributed by atoms with Crippen LogP contribution in [0.5, 0.6) is 0 Å². The minimum Gasteiger partial charge on any atom is -0.328 e. The van der Waals surface area contributed by atoms with Crippen molar-refractivity contribution in [2.45, 2.75) is 0 Å². The van der Waals surface area contributed by atoms with E-state index in [1.807, 2.05) is 42.4 Å². The molecule has 18 heavy (non-hydrogen) atoms. The molecule has 0 fully saturated rings. The number of anilines is 3. The summed E-state index contributed by atoms with van der Waals surface area (Å²) in [6, 6.07) is 9.55. The van der Waals surface area contributed by atoms with Crippen molar-refractivity contribution >= 4 is 33.3 Å². The van der Waals surface area contributed by atoms with Gasteiger partial charge < -0.3 is 4.90 Å². The molecule has 0 radical (unpaired) electrons. The number of hydrogen-bond donors (Lipinski definition) is 1. The third-order valence-electron chi connectivity index (χ3n) is 2.39. The monoisotopic (exact) mass is 303 g/mol. The number of nitrogens with zero attached hydrogens (tertiary/aromatic N) is 4. The van der Waals surface area contributed by atoms with E-state index in [1.54, 1.807) is 6.07 Å². The fourth-order valence-electron chi connectivity index (χ4n) is 1.50. The zero-order valence-corrected chi connectivity index (χ0v) is 11.2. The summed E-state index contributed by atoms with van der Waals surface area (Å²) in [6.07, 6.45) is 3.25. The highest BCUT2D eigenvalue weighted by Gasteiger charge is 2.09. The second-order valence-corrected chi connectivity index (χ2v) is 4.36. The Morgan fingerprint density at radius 2 is 2.11 bits per heavy atom. The van der Waals surface area contributed by atoms with E-state index in [9.17, 15) is 0 Å². The van der Waals surface area contributed by atoms with E-state index >= 15 is 0 Å². The first-order valence-electron chi connectivity index (χ1n) is 5.18. The molecule has 0 amide bonds. The van der Waals surface area contributed by atoms with E-state index < -0.39 is 0 Å². The number of hydrogen-bond acceptors (Lipinski definition) is 5. The largest absolute Gasteiger partial charge is 0.328 e. The molecule has 0 atom stereocenters. The minimum atomic E-state index is 0.474. The Kier molecular flexibility index (Phi) is 3.75. The van der Waals surface area contributed by atoms with Gasteiger partial charge in [0.2, 0.25) is 0 Å². The van der Waals surface area contributed by atoms with E-state index in [1.165, 1.54) is 6.33 Å². The van der Waals surface area contributed by atoms with Crippen molar-refractivity contribution < 1.29 is 0 Å². The summed E-state index contributed by atoms with van der Waals surface area (Å²) in [6.45, 7) is 0. The smallest absolute Gasteiger partial charge is 0.182 e. The summed E-state index contributed by atoms with van der Waals surface area (Å²) in [5.41, 5.74) is 0.985. The van der Waals surface area contributed by atoms with Crippen molar-refractivity contribution in [3.05, 3.63) is 41.1 Å². The van der Waals surface area contributed by atoms with E-state index in [-0.39, 0.29) is 0 Å². The third kappa shape index (κ3) is 2.57. The van der Waals surface area contributed by atoms with Gasteiger partial charge in [0.1, 0.15) is 18.0 Å². The van der Waals surface area contributed by atoms with Crippen LogP contribution in [0.4, 0.5) is 17.3 Å². The average molecular weight is 304 g/mol. The van der Waals surface area contributed by atoms with E-state index in [4.69, 9.17) is 5.26 Å². The Labute approximate surface area is 113 Å². The first kappa shape index (κ1) is 12.3. The number of aromatic nitrogens is 2. The van der Waals surface area contributed by atoms with Crippen LogP contribution in [0.2, 0.25) is 0 Å². The van der Waals surface area contributed by atoms with Crippen LogP contribution in [-0.4, -0.2) is 17.0 Å². The average Bonchev–Trinajstić information content (AvgIpc) is 2.39. The van der Waals surface area contributed by atoms with Crippen molar-refractivity contribution in [2.75, 3.05) is 17.3 Å². The van der Waals surface area contributed by atoms with Crippen molar-refractivity contribution in [3.63, 3.8) is 0 Å². The molecular weight excluding hydrogens is 294 g/mol. The molecule has 2 rings (SSSR count). The van der Waals surface area contributed by atoms with Crippen LogP contribution in [0.15, 0.2) is 41.1 Å². The van der Waals surface area contributed by atoms with Gasteiger partial charge in [0.15, 0.2) is 6.19 Å². The van der Waals surface area contributed by atoms with Gasteiger partial charge in [-0.1, -0.05) is 12.1 Å². The van der Waals surface area contributed by atoms with Crippen LogP contribution in [0.25, 0.3) is 0 Å². The maximum atomic E-state index is 8.57. The predicted octanol–water partition coefficient (Wildman–Crippen LogP) is 2.90. The summed E-state index contributed by atoms with van der Waals surface area (Å²) in [5.74, 6) is 1.18. The van der Waals surface area contributed by atoms with Crippen LogP contribution in [-0.2, 0) is 0 Å². The molecule has 0 aliphatic heterocycles. The summed E-state index contributed by atoms with van der Waals surface area (Å²) in [4.78, 5) is 10.0. The van der Waals surface area contributed by atoms with Gasteiger partial charge in [0.25, 0.3) is 0 Å². The van der Waals surface area contributed by atoms with Crippen molar-refractivity contribution in [1.82, 2.24) is 9.97 Å². The van der Waals surface area contributed by atoms with Crippen LogP contribution in [0.1, 0.15) is 0 Å². The zero-order chi connectivity index (χ0) is 13.0. The highest BCUT2D eigenvalue weighted by atomic mass is 79.9. The van der Waals surface area contributed by atoms with Gasteiger partial charge in [0.05, 0.1) is 5.69 Å². The number of rotatable bonds is 3. The Hall–Kier alpha value is -2.13. The maximum absolute atomic E-state index is 8.57. The van der Waals surface area contributed by atoms with Gasteiger partial charge in [-0.3, -0.25) is 5.32 Å². The maximum Gasteiger partial charge on any atom is 0.182 e. The first-order chi connectivity index (χ1) is 8.72. The highest BCUT2D eigenvalue weighted by molar-refractivity contribution is 9.10. The topological polar surface area (TPSA) is 64.8 Å². The lowest BCUT2D eigenvalue weighted by Crippen LogP contribution is -2.12. The van der Waals surface area contributed by atoms with Gasteiger partial charge in [0, 0.05) is 17.6 Å². The summed E-state index contributed by atoms with van der Waals surface area (Å²) in [7, 11) is 1.90. The predicted molar refractivity (Wildman–Crippen MR) is 73.5 cm³/mol. The molecule has 5 nitrogen and oxygen atoms in total. The van der Waals surface area contributed by atoms with E-state index in [0.29, 0.717) is 11.6 Å². The van der Waals surface area contributed by atoms with E-state index in [2.05, 4.69) is 31.2 Å². The van der Waals surface area contributed by atoms with Gasteiger partial charge in [-0.15, -0.1) is 0 Å². The van der Waals surface area contributed by atoms with Gasteiger partial charge in [-0.2, -0.15) is 5.26 Å². The zero-order valence-electron chi connectivity index (χ0n) is 9.63. The number of nitrogens with one attached hydrogen (secondary N) is 1. The molecule has 0 aliphatic rings. The van der Waals surface area contributed by atoms with Crippen molar-refractivity contribution in [2.24, 2.45) is 0 Å². The third-order valence-corrected chi connectivity index (χ3v) is 3.06. The SMILES string of the molecule is CN(c1cc(NC#N)ncn1)c1ccccc1Br. The lowest BCUT2D eigenvalue weighted by Gasteiger charge is -2.19. The molecule has 1 aromatic carbocycles. The molecule has 0 saturated heterocycles. The number of halogens is 1. The quantitative estimate of drug-likeness (QED) is 0.697. The normalized spacial score (nSPS) is 9.61. The van der Waals surface area contributed by atoms with Crippen LogP contribution in [0, 0.1) is 11.5 Å². The second kappa shape index (κ2) is 5.47. The Balaban J connectivity index is 2.34. The van der Waals surface area contributed by atoms with Gasteiger partial charge in [-0.25, -0.2) is 9.97 Å². The summed E-state index contributed by atoms with van der Waals surface area (Å²) in [5, 5.41) is 11.1. The molecule has 1 aromatic heterocycles. The van der Waals surface area contributed by atoms with Crippen LogP contribution < -0.4 is 10.2 Å².